The van der Waals surface area contributed by atoms with Crippen molar-refractivity contribution in [2.24, 2.45) is 0 Å². The van der Waals surface area contributed by atoms with Crippen LogP contribution in [0.3, 0.4) is 0 Å². The van der Waals surface area contributed by atoms with E-state index in [0.717, 1.165) is 0 Å². The Kier molecular flexibility index (Phi) is 4.11. The Morgan fingerprint density at radius 2 is 1.60 bits per heavy atom. The summed E-state index contributed by atoms with van der Waals surface area (Å²) in [4.78, 5) is 0. The fourth-order valence-electron chi connectivity index (χ4n) is 1.97. The van der Waals surface area contributed by atoms with Crippen LogP contribution in [0.2, 0.25) is 0 Å². The van der Waals surface area contributed by atoms with Gasteiger partial charge < -0.3 is 4.57 Å². The molecule has 0 aliphatic heterocycles. The number of rotatable bonds is 3. The molecule has 0 fully saturated rings. The second-order valence-electron chi connectivity index (χ2n) is 5.38. The summed E-state index contributed by atoms with van der Waals surface area (Å²) in [5.41, 5.74) is 0.288. The molecule has 0 amide bonds. The Hall–Kier alpha value is -0.603. The molecule has 0 aliphatic rings. The van der Waals surface area contributed by atoms with Gasteiger partial charge in [-0.2, -0.15) is 0 Å². The van der Waals surface area contributed by atoms with Crippen molar-refractivity contribution < 1.29 is 0 Å². The van der Waals surface area contributed by atoms with Crippen molar-refractivity contribution in [2.45, 2.75) is 46.2 Å². The van der Waals surface area contributed by atoms with Gasteiger partial charge in [0.05, 0.1) is 0 Å². The first kappa shape index (κ1) is 12.5. The Bertz CT molecular complexity index is 287. The van der Waals surface area contributed by atoms with Gasteiger partial charge in [0.15, 0.2) is 0 Å². The molecule has 2 heteroatoms. The first-order valence-electron chi connectivity index (χ1n) is 5.72. The molecule has 0 N–H and O–H groups in total. The highest BCUT2D eigenvalue weighted by molar-refractivity contribution is 6.50. The number of nitrogens with zero attached hydrogens (tertiary/aromatic N) is 1. The molecular weight excluding hydrogens is 198 g/mol. The lowest BCUT2D eigenvalue weighted by molar-refractivity contribution is 0.214. The topological polar surface area (TPSA) is 3.24 Å². The SMILES string of the molecule is CC(C)N([SiH2]c1ccccc1)C(C)(C)C. The zero-order valence-electron chi connectivity index (χ0n) is 10.6. The fourth-order valence-corrected chi connectivity index (χ4v) is 3.69. The maximum atomic E-state index is 2.66. The van der Waals surface area contributed by atoms with Gasteiger partial charge in [-0.3, -0.25) is 0 Å². The molecule has 0 bridgehead atoms. The highest BCUT2D eigenvalue weighted by atomic mass is 28.2. The van der Waals surface area contributed by atoms with E-state index in [1.165, 1.54) is 5.19 Å². The number of hydrogen-bond acceptors (Lipinski definition) is 1. The van der Waals surface area contributed by atoms with Gasteiger partial charge in [-0.05, 0) is 32.0 Å². The van der Waals surface area contributed by atoms with Gasteiger partial charge in [0.2, 0.25) is 0 Å². The molecule has 1 nitrogen and oxygen atoms in total. The largest absolute Gasteiger partial charge is 0.318 e. The predicted octanol–water partition coefficient (Wildman–Crippen LogP) is 1.90. The van der Waals surface area contributed by atoms with Gasteiger partial charge in [0.25, 0.3) is 0 Å². The van der Waals surface area contributed by atoms with Crippen LogP contribution in [-0.2, 0) is 0 Å². The first-order chi connectivity index (χ1) is 6.91. The average molecular weight is 221 g/mol. The second-order valence-corrected chi connectivity index (χ2v) is 7.19. The van der Waals surface area contributed by atoms with E-state index in [0.29, 0.717) is 6.04 Å². The minimum Gasteiger partial charge on any atom is -0.318 e. The standard InChI is InChI=1S/C13H23NSi/c1-11(2)14(13(3,4)5)15-12-9-7-6-8-10-12/h6-11H,15H2,1-5H3. The van der Waals surface area contributed by atoms with Crippen LogP contribution in [0.5, 0.6) is 0 Å². The van der Waals surface area contributed by atoms with Crippen molar-refractivity contribution in [2.75, 3.05) is 0 Å². The molecule has 1 aromatic rings. The third-order valence-electron chi connectivity index (χ3n) is 2.68. The van der Waals surface area contributed by atoms with Crippen LogP contribution in [0.4, 0.5) is 0 Å². The highest BCUT2D eigenvalue weighted by Gasteiger charge is 2.23. The van der Waals surface area contributed by atoms with E-state index in [1.807, 2.05) is 0 Å². The van der Waals surface area contributed by atoms with Gasteiger partial charge in [0, 0.05) is 5.54 Å². The van der Waals surface area contributed by atoms with Crippen LogP contribution in [-0.4, -0.2) is 25.8 Å². The molecule has 0 heterocycles. The highest BCUT2D eigenvalue weighted by Crippen LogP contribution is 2.14. The van der Waals surface area contributed by atoms with Crippen molar-refractivity contribution >= 4 is 14.9 Å². The lowest BCUT2D eigenvalue weighted by atomic mass is 10.1. The lowest BCUT2D eigenvalue weighted by Crippen LogP contribution is -2.51. The van der Waals surface area contributed by atoms with Gasteiger partial charge in [0.1, 0.15) is 9.68 Å². The third-order valence-corrected chi connectivity index (χ3v) is 5.54. The summed E-state index contributed by atoms with van der Waals surface area (Å²) >= 11 is 0. The Morgan fingerprint density at radius 3 is 2.00 bits per heavy atom. The molecule has 1 aromatic carbocycles. The molecule has 1 rings (SSSR count). The van der Waals surface area contributed by atoms with Crippen LogP contribution in [0.25, 0.3) is 0 Å². The molecule has 0 aliphatic carbocycles. The Balaban J connectivity index is 2.77. The molecule has 0 saturated carbocycles. The fraction of sp³-hybridized carbons (Fsp3) is 0.538. The second kappa shape index (κ2) is 4.95. The van der Waals surface area contributed by atoms with Crippen LogP contribution in [0.1, 0.15) is 34.6 Å². The predicted molar refractivity (Wildman–Crippen MR) is 71.3 cm³/mol. The van der Waals surface area contributed by atoms with Crippen LogP contribution in [0, 0.1) is 0 Å². The zero-order chi connectivity index (χ0) is 11.5. The lowest BCUT2D eigenvalue weighted by Gasteiger charge is -2.39. The molecule has 0 atom stereocenters. The zero-order valence-corrected chi connectivity index (χ0v) is 12.0. The molecular formula is C13H23NSi. The summed E-state index contributed by atoms with van der Waals surface area (Å²) in [6, 6.07) is 11.5. The van der Waals surface area contributed by atoms with Gasteiger partial charge in [-0.1, -0.05) is 44.2 Å². The quantitative estimate of drug-likeness (QED) is 0.705. The summed E-state index contributed by atoms with van der Waals surface area (Å²) in [6.07, 6.45) is 0. The van der Waals surface area contributed by atoms with E-state index in [9.17, 15) is 0 Å². The smallest absolute Gasteiger partial charge is 0.128 e. The van der Waals surface area contributed by atoms with Crippen LogP contribution >= 0.6 is 0 Å². The average Bonchev–Trinajstić information content (AvgIpc) is 2.13. The number of hydrogen-bond donors (Lipinski definition) is 0. The summed E-state index contributed by atoms with van der Waals surface area (Å²) in [6.45, 7) is 11.5. The normalized spacial score (nSPS) is 13.3. The maximum Gasteiger partial charge on any atom is 0.128 e. The monoisotopic (exact) mass is 221 g/mol. The summed E-state index contributed by atoms with van der Waals surface area (Å²) in [5.74, 6) is 0. The number of benzene rings is 1. The molecule has 0 unspecified atom stereocenters. The minimum atomic E-state index is -0.316. The summed E-state index contributed by atoms with van der Waals surface area (Å²) < 4.78 is 2.66. The minimum absolute atomic E-state index is 0.288. The summed E-state index contributed by atoms with van der Waals surface area (Å²) in [7, 11) is -0.316. The van der Waals surface area contributed by atoms with Gasteiger partial charge >= 0.3 is 0 Å². The van der Waals surface area contributed by atoms with E-state index >= 15 is 0 Å². The van der Waals surface area contributed by atoms with E-state index < -0.39 is 0 Å². The van der Waals surface area contributed by atoms with E-state index in [4.69, 9.17) is 0 Å². The van der Waals surface area contributed by atoms with Crippen molar-refractivity contribution in [1.82, 2.24) is 4.57 Å². The summed E-state index contributed by atoms with van der Waals surface area (Å²) in [5, 5.41) is 1.53. The van der Waals surface area contributed by atoms with Crippen molar-refractivity contribution in [3.8, 4) is 0 Å². The van der Waals surface area contributed by atoms with Crippen LogP contribution in [0.15, 0.2) is 30.3 Å². The van der Waals surface area contributed by atoms with Crippen molar-refractivity contribution in [3.63, 3.8) is 0 Å². The molecule has 15 heavy (non-hydrogen) atoms. The molecule has 0 saturated heterocycles. The molecule has 84 valence electrons. The van der Waals surface area contributed by atoms with Crippen molar-refractivity contribution in [1.29, 1.82) is 0 Å². The molecule has 0 radical (unpaired) electrons. The third kappa shape index (κ3) is 3.80. The Morgan fingerprint density at radius 1 is 1.07 bits per heavy atom. The van der Waals surface area contributed by atoms with E-state index in [2.05, 4.69) is 69.5 Å². The van der Waals surface area contributed by atoms with E-state index in [-0.39, 0.29) is 15.2 Å². The van der Waals surface area contributed by atoms with E-state index in [1.54, 1.807) is 0 Å². The Labute approximate surface area is 96.4 Å². The van der Waals surface area contributed by atoms with Crippen molar-refractivity contribution in [3.05, 3.63) is 30.3 Å². The van der Waals surface area contributed by atoms with Gasteiger partial charge in [-0.15, -0.1) is 0 Å². The maximum absolute atomic E-state index is 2.66. The first-order valence-corrected chi connectivity index (χ1v) is 7.06. The van der Waals surface area contributed by atoms with Crippen LogP contribution < -0.4 is 5.19 Å². The van der Waals surface area contributed by atoms with Gasteiger partial charge in [-0.25, -0.2) is 0 Å². The molecule has 0 spiro atoms. The molecule has 0 aromatic heterocycles.